The molecule has 2 aliphatic heterocycles. The largest absolute Gasteiger partial charge is 0.456 e. The summed E-state index contributed by atoms with van der Waals surface area (Å²) in [7, 11) is 0. The summed E-state index contributed by atoms with van der Waals surface area (Å²) in [6.45, 7) is 20.8. The SMILES string of the molecule is CC(C)(C)c1ccc(N2B3c4cc5c(cc4-n4c6ccc(C(C)(C)C)cc6c6c7c(sc8ccccc87)c(c3c64)-c3cc(C(C)(C)C)ccc32)oc2ccccc25)cc1. The molecule has 5 heterocycles. The summed E-state index contributed by atoms with van der Waals surface area (Å²) in [6.07, 6.45) is 0. The molecule has 0 fully saturated rings. The van der Waals surface area contributed by atoms with Crippen LogP contribution < -0.4 is 15.7 Å². The Morgan fingerprint density at radius 1 is 0.542 bits per heavy atom. The molecular formula is C54H47BN2OS. The minimum absolute atomic E-state index is 0.00791. The highest BCUT2D eigenvalue weighted by atomic mass is 32.1. The highest BCUT2D eigenvalue weighted by Crippen LogP contribution is 2.53. The lowest BCUT2D eigenvalue weighted by atomic mass is 9.43. The summed E-state index contributed by atoms with van der Waals surface area (Å²) in [5.41, 5.74) is 17.5. The standard InChI is InChI=1S/C54H47BN2OS/c1-52(2,3)30-18-22-33(23-19-30)57-41-25-21-32(54(7,8)9)27-38(41)48-49-50-46(47-35-15-11-13-17-45(35)59-51(47)48)37-26-31(53(4,5)6)20-24-40(37)56(50)42-29-44-36(28-39(42)55(49)57)34-14-10-12-16-43(34)58-44/h10-29H,1-9H3. The van der Waals surface area contributed by atoms with Crippen LogP contribution in [0.15, 0.2) is 126 Å². The monoisotopic (exact) mass is 782 g/mol. The normalized spacial score (nSPS) is 14.1. The van der Waals surface area contributed by atoms with Crippen LogP contribution >= 0.6 is 11.3 Å². The summed E-state index contributed by atoms with van der Waals surface area (Å²) in [5.74, 6) is 0. The van der Waals surface area contributed by atoms with Crippen LogP contribution in [0.4, 0.5) is 11.4 Å². The van der Waals surface area contributed by atoms with Crippen molar-refractivity contribution in [2.75, 3.05) is 4.81 Å². The molecule has 0 aliphatic carbocycles. The molecule has 10 aromatic rings. The fourth-order valence-electron chi connectivity index (χ4n) is 10.3. The van der Waals surface area contributed by atoms with Crippen molar-refractivity contribution in [3.63, 3.8) is 0 Å². The molecule has 0 spiro atoms. The van der Waals surface area contributed by atoms with Crippen molar-refractivity contribution in [3.05, 3.63) is 138 Å². The van der Waals surface area contributed by atoms with Gasteiger partial charge in [-0.25, -0.2) is 0 Å². The Bertz CT molecular complexity index is 3450. The van der Waals surface area contributed by atoms with Gasteiger partial charge >= 0.3 is 6.85 Å². The molecule has 59 heavy (non-hydrogen) atoms. The lowest BCUT2D eigenvalue weighted by Gasteiger charge is -2.42. The van der Waals surface area contributed by atoms with Crippen molar-refractivity contribution < 1.29 is 4.42 Å². The Kier molecular flexibility index (Phi) is 6.85. The van der Waals surface area contributed by atoms with Crippen molar-refractivity contribution in [1.82, 2.24) is 4.57 Å². The second-order valence-electron chi connectivity index (χ2n) is 20.2. The molecule has 0 unspecified atom stereocenters. The number of hydrogen-bond acceptors (Lipinski definition) is 3. The Labute approximate surface area is 350 Å². The highest BCUT2D eigenvalue weighted by molar-refractivity contribution is 7.27. The zero-order valence-corrected chi connectivity index (χ0v) is 36.2. The second-order valence-corrected chi connectivity index (χ2v) is 21.2. The molecule has 0 amide bonds. The lowest BCUT2D eigenvalue weighted by molar-refractivity contribution is 0.590. The fourth-order valence-corrected chi connectivity index (χ4v) is 11.6. The third-order valence-corrected chi connectivity index (χ3v) is 14.6. The molecule has 0 bridgehead atoms. The van der Waals surface area contributed by atoms with E-state index < -0.39 is 0 Å². The van der Waals surface area contributed by atoms with Crippen LogP contribution in [0.2, 0.25) is 0 Å². The summed E-state index contributed by atoms with van der Waals surface area (Å²) in [5, 5.41) is 7.69. The predicted octanol–water partition coefficient (Wildman–Crippen LogP) is 14.2. The van der Waals surface area contributed by atoms with E-state index in [1.54, 1.807) is 0 Å². The Hall–Kier alpha value is -5.78. The van der Waals surface area contributed by atoms with Gasteiger partial charge in [0.05, 0.1) is 11.0 Å². The van der Waals surface area contributed by atoms with Gasteiger partial charge in [0.25, 0.3) is 0 Å². The Morgan fingerprint density at radius 3 is 1.95 bits per heavy atom. The zero-order valence-electron chi connectivity index (χ0n) is 35.3. The van der Waals surface area contributed by atoms with Crippen LogP contribution in [0, 0.1) is 0 Å². The molecule has 12 rings (SSSR count). The first-order valence-corrected chi connectivity index (χ1v) is 21.9. The van der Waals surface area contributed by atoms with Gasteiger partial charge in [0.2, 0.25) is 0 Å². The number of para-hydroxylation sites is 1. The van der Waals surface area contributed by atoms with Crippen LogP contribution in [-0.2, 0) is 16.2 Å². The minimum atomic E-state index is -0.0949. The van der Waals surface area contributed by atoms with E-state index in [4.69, 9.17) is 4.42 Å². The first-order valence-electron chi connectivity index (χ1n) is 21.1. The van der Waals surface area contributed by atoms with E-state index in [0.717, 1.165) is 21.9 Å². The predicted molar refractivity (Wildman–Crippen MR) is 256 cm³/mol. The van der Waals surface area contributed by atoms with Gasteiger partial charge < -0.3 is 13.8 Å². The maximum atomic E-state index is 6.71. The molecule has 0 saturated heterocycles. The van der Waals surface area contributed by atoms with E-state index in [2.05, 4.69) is 193 Å². The minimum Gasteiger partial charge on any atom is -0.456 e. The van der Waals surface area contributed by atoms with Gasteiger partial charge in [0.1, 0.15) is 11.2 Å². The van der Waals surface area contributed by atoms with Gasteiger partial charge in [-0.1, -0.05) is 129 Å². The zero-order chi connectivity index (χ0) is 40.5. The van der Waals surface area contributed by atoms with Crippen LogP contribution in [-0.4, -0.2) is 11.4 Å². The van der Waals surface area contributed by atoms with Gasteiger partial charge in [-0.15, -0.1) is 11.3 Å². The molecule has 3 nitrogen and oxygen atoms in total. The number of hydrogen-bond donors (Lipinski definition) is 0. The number of aromatic nitrogens is 1. The number of thiophene rings is 1. The summed E-state index contributed by atoms with van der Waals surface area (Å²) in [4.78, 5) is 2.67. The topological polar surface area (TPSA) is 21.3 Å². The Morgan fingerprint density at radius 2 is 1.20 bits per heavy atom. The molecule has 2 aliphatic rings. The molecule has 0 saturated carbocycles. The van der Waals surface area contributed by atoms with Crippen molar-refractivity contribution in [2.45, 2.75) is 78.6 Å². The van der Waals surface area contributed by atoms with Crippen molar-refractivity contribution in [1.29, 1.82) is 0 Å². The van der Waals surface area contributed by atoms with Gasteiger partial charge in [-0.2, -0.15) is 0 Å². The first kappa shape index (κ1) is 35.2. The number of benzene rings is 7. The van der Waals surface area contributed by atoms with E-state index >= 15 is 0 Å². The van der Waals surface area contributed by atoms with Gasteiger partial charge in [-0.05, 0) is 92.4 Å². The van der Waals surface area contributed by atoms with Crippen LogP contribution in [0.25, 0.3) is 80.7 Å². The van der Waals surface area contributed by atoms with Gasteiger partial charge in [0, 0.05) is 76.0 Å². The van der Waals surface area contributed by atoms with Crippen LogP contribution in [0.1, 0.15) is 79.0 Å². The van der Waals surface area contributed by atoms with E-state index in [1.807, 2.05) is 11.3 Å². The van der Waals surface area contributed by atoms with E-state index in [9.17, 15) is 0 Å². The molecule has 0 N–H and O–H groups in total. The van der Waals surface area contributed by atoms with Crippen molar-refractivity contribution in [2.24, 2.45) is 0 Å². The van der Waals surface area contributed by atoms with E-state index in [1.165, 1.54) is 97.8 Å². The molecular weight excluding hydrogens is 735 g/mol. The third kappa shape index (κ3) is 4.77. The third-order valence-electron chi connectivity index (χ3n) is 13.4. The smallest absolute Gasteiger partial charge is 0.333 e. The second kappa shape index (κ2) is 11.5. The Balaban J connectivity index is 1.34. The summed E-state index contributed by atoms with van der Waals surface area (Å²) >= 11 is 1.97. The summed E-state index contributed by atoms with van der Waals surface area (Å²) in [6, 6.07) is 46.4. The highest BCUT2D eigenvalue weighted by Gasteiger charge is 2.46. The first-order chi connectivity index (χ1) is 28.2. The maximum absolute atomic E-state index is 6.71. The lowest BCUT2D eigenvalue weighted by Crippen LogP contribution is -2.60. The number of furan rings is 1. The number of nitrogens with zero attached hydrogens (tertiary/aromatic N) is 2. The van der Waals surface area contributed by atoms with Crippen LogP contribution in [0.5, 0.6) is 0 Å². The van der Waals surface area contributed by atoms with Crippen molar-refractivity contribution >= 4 is 104 Å². The number of rotatable bonds is 1. The quantitative estimate of drug-likeness (QED) is 0.155. The molecule has 5 heteroatoms. The van der Waals surface area contributed by atoms with E-state index in [0.29, 0.717) is 0 Å². The number of anilines is 2. The molecule has 0 atom stereocenters. The summed E-state index contributed by atoms with van der Waals surface area (Å²) < 4.78 is 12.0. The van der Waals surface area contributed by atoms with Crippen LogP contribution in [0.3, 0.4) is 0 Å². The molecule has 0 radical (unpaired) electrons. The van der Waals surface area contributed by atoms with Gasteiger partial charge in [-0.3, -0.25) is 0 Å². The number of fused-ring (bicyclic) bond motifs is 16. The molecule has 288 valence electrons. The average Bonchev–Trinajstić information content (AvgIpc) is 3.87. The van der Waals surface area contributed by atoms with Gasteiger partial charge in [0.15, 0.2) is 0 Å². The average molecular weight is 783 g/mol. The van der Waals surface area contributed by atoms with Crippen molar-refractivity contribution in [3.8, 4) is 16.8 Å². The molecule has 7 aromatic carbocycles. The molecule has 3 aromatic heterocycles. The fraction of sp³-hybridized carbons (Fsp3) is 0.222. The maximum Gasteiger partial charge on any atom is 0.333 e. The van der Waals surface area contributed by atoms with E-state index in [-0.39, 0.29) is 23.1 Å².